The van der Waals surface area contributed by atoms with Crippen LogP contribution in [0.3, 0.4) is 0 Å². The Hall–Kier alpha value is -2.92. The standard InChI is InChI=1S/C22H21ClN6O2.HI/c1-24-22(26-13-18-14-30-21(27-18)16-5-3-2-4-6-16)25-12-11-19-28-20(29-31-19)15-7-9-17(23)10-8-15;/h2-10,14H,11-13H2,1H3,(H2,24,25,26);1H. The van der Waals surface area contributed by atoms with E-state index < -0.39 is 0 Å². The van der Waals surface area contributed by atoms with Crippen molar-refractivity contribution in [3.8, 4) is 22.8 Å². The number of halogens is 2. The van der Waals surface area contributed by atoms with Crippen LogP contribution in [0.4, 0.5) is 0 Å². The number of hydrogen-bond acceptors (Lipinski definition) is 6. The third kappa shape index (κ3) is 6.30. The quantitative estimate of drug-likeness (QED) is 0.193. The van der Waals surface area contributed by atoms with Crippen molar-refractivity contribution in [2.75, 3.05) is 13.6 Å². The van der Waals surface area contributed by atoms with Gasteiger partial charge in [-0.3, -0.25) is 4.99 Å². The first-order valence-electron chi connectivity index (χ1n) is 9.74. The van der Waals surface area contributed by atoms with Crippen molar-refractivity contribution in [3.63, 3.8) is 0 Å². The maximum absolute atomic E-state index is 5.91. The molecule has 0 spiro atoms. The molecule has 2 aromatic carbocycles. The Kier molecular flexibility index (Phi) is 8.63. The number of oxazole rings is 1. The molecule has 2 N–H and O–H groups in total. The Balaban J connectivity index is 0.00000289. The summed E-state index contributed by atoms with van der Waals surface area (Å²) in [4.78, 5) is 13.1. The van der Waals surface area contributed by atoms with Crippen LogP contribution in [0.2, 0.25) is 5.02 Å². The Morgan fingerprint density at radius 2 is 1.78 bits per heavy atom. The largest absolute Gasteiger partial charge is 0.444 e. The van der Waals surface area contributed by atoms with E-state index in [0.717, 1.165) is 16.8 Å². The highest BCUT2D eigenvalue weighted by Gasteiger charge is 2.10. The molecule has 0 saturated carbocycles. The number of aromatic nitrogens is 3. The molecule has 166 valence electrons. The van der Waals surface area contributed by atoms with Gasteiger partial charge in [-0.15, -0.1) is 24.0 Å². The molecule has 0 radical (unpaired) electrons. The average Bonchev–Trinajstić information content (AvgIpc) is 3.47. The van der Waals surface area contributed by atoms with Crippen LogP contribution in [-0.2, 0) is 13.0 Å². The van der Waals surface area contributed by atoms with Crippen molar-refractivity contribution in [1.29, 1.82) is 0 Å². The molecule has 8 nitrogen and oxygen atoms in total. The smallest absolute Gasteiger partial charge is 0.228 e. The third-order valence-electron chi connectivity index (χ3n) is 4.43. The molecule has 0 saturated heterocycles. The van der Waals surface area contributed by atoms with E-state index in [-0.39, 0.29) is 24.0 Å². The topological polar surface area (TPSA) is 101 Å². The van der Waals surface area contributed by atoms with Gasteiger partial charge in [-0.25, -0.2) is 4.98 Å². The van der Waals surface area contributed by atoms with Gasteiger partial charge in [-0.2, -0.15) is 4.98 Å². The molecule has 0 unspecified atom stereocenters. The molecule has 0 aliphatic carbocycles. The second kappa shape index (κ2) is 11.6. The van der Waals surface area contributed by atoms with Crippen LogP contribution in [-0.4, -0.2) is 34.7 Å². The van der Waals surface area contributed by atoms with Crippen molar-refractivity contribution in [2.24, 2.45) is 4.99 Å². The summed E-state index contributed by atoms with van der Waals surface area (Å²) in [5.41, 5.74) is 2.58. The molecule has 0 atom stereocenters. The van der Waals surface area contributed by atoms with Gasteiger partial charge >= 0.3 is 0 Å². The second-order valence-electron chi connectivity index (χ2n) is 6.63. The van der Waals surface area contributed by atoms with Crippen LogP contribution in [0.5, 0.6) is 0 Å². The number of aliphatic imine (C=N–C) groups is 1. The number of rotatable bonds is 7. The SMILES string of the molecule is CN=C(NCCc1nc(-c2ccc(Cl)cc2)no1)NCc1coc(-c2ccccc2)n1.I. The molecular formula is C22H22ClIN6O2. The molecule has 0 aliphatic rings. The molecule has 0 fully saturated rings. The number of guanidine groups is 1. The molecule has 2 aromatic heterocycles. The molecule has 10 heteroatoms. The Morgan fingerprint density at radius 1 is 1.00 bits per heavy atom. The van der Waals surface area contributed by atoms with Gasteiger partial charge in [0.2, 0.25) is 17.6 Å². The van der Waals surface area contributed by atoms with Gasteiger partial charge in [0.1, 0.15) is 6.26 Å². The van der Waals surface area contributed by atoms with Crippen LogP contribution in [0.1, 0.15) is 11.6 Å². The first-order chi connectivity index (χ1) is 15.2. The van der Waals surface area contributed by atoms with Crippen molar-refractivity contribution >= 4 is 41.5 Å². The summed E-state index contributed by atoms with van der Waals surface area (Å²) in [7, 11) is 1.71. The van der Waals surface area contributed by atoms with Crippen LogP contribution in [0.15, 0.2) is 74.8 Å². The van der Waals surface area contributed by atoms with Crippen molar-refractivity contribution in [1.82, 2.24) is 25.8 Å². The third-order valence-corrected chi connectivity index (χ3v) is 4.69. The van der Waals surface area contributed by atoms with Gasteiger partial charge in [0.05, 0.1) is 12.2 Å². The van der Waals surface area contributed by atoms with E-state index in [1.807, 2.05) is 42.5 Å². The zero-order valence-electron chi connectivity index (χ0n) is 17.3. The zero-order chi connectivity index (χ0) is 21.5. The number of benzene rings is 2. The zero-order valence-corrected chi connectivity index (χ0v) is 20.4. The maximum atomic E-state index is 5.91. The molecule has 4 rings (SSSR count). The van der Waals surface area contributed by atoms with Gasteiger partial charge in [0.15, 0.2) is 5.96 Å². The minimum Gasteiger partial charge on any atom is -0.444 e. The predicted octanol–water partition coefficient (Wildman–Crippen LogP) is 4.57. The lowest BCUT2D eigenvalue weighted by molar-refractivity contribution is 0.378. The highest BCUT2D eigenvalue weighted by Crippen LogP contribution is 2.19. The summed E-state index contributed by atoms with van der Waals surface area (Å²) < 4.78 is 10.9. The fraction of sp³-hybridized carbons (Fsp3) is 0.182. The lowest BCUT2D eigenvalue weighted by atomic mass is 10.2. The maximum Gasteiger partial charge on any atom is 0.228 e. The van der Waals surface area contributed by atoms with Crippen LogP contribution >= 0.6 is 35.6 Å². The normalized spacial score (nSPS) is 11.1. The average molecular weight is 565 g/mol. The first-order valence-corrected chi connectivity index (χ1v) is 10.1. The van der Waals surface area contributed by atoms with E-state index in [2.05, 4.69) is 30.8 Å². The van der Waals surface area contributed by atoms with Gasteiger partial charge < -0.3 is 19.6 Å². The van der Waals surface area contributed by atoms with Gasteiger partial charge in [0.25, 0.3) is 0 Å². The fourth-order valence-electron chi connectivity index (χ4n) is 2.86. The molecule has 0 bridgehead atoms. The summed E-state index contributed by atoms with van der Waals surface area (Å²) in [5.74, 6) is 2.31. The Morgan fingerprint density at radius 3 is 2.53 bits per heavy atom. The van der Waals surface area contributed by atoms with Gasteiger partial charge in [-0.1, -0.05) is 35.0 Å². The summed E-state index contributed by atoms with van der Waals surface area (Å²) in [5, 5.41) is 11.1. The van der Waals surface area contributed by atoms with E-state index in [0.29, 0.717) is 48.1 Å². The Bertz CT molecular complexity index is 1140. The summed E-state index contributed by atoms with van der Waals surface area (Å²) in [6.07, 6.45) is 2.20. The van der Waals surface area contributed by atoms with Crippen LogP contribution in [0.25, 0.3) is 22.8 Å². The molecule has 4 aromatic rings. The minimum atomic E-state index is 0. The summed E-state index contributed by atoms with van der Waals surface area (Å²) in [6, 6.07) is 17.1. The van der Waals surface area contributed by atoms with Crippen molar-refractivity contribution in [2.45, 2.75) is 13.0 Å². The number of nitrogens with one attached hydrogen (secondary N) is 2. The minimum absolute atomic E-state index is 0. The molecule has 0 aliphatic heterocycles. The van der Waals surface area contributed by atoms with Crippen molar-refractivity contribution in [3.05, 3.63) is 77.5 Å². The van der Waals surface area contributed by atoms with E-state index in [9.17, 15) is 0 Å². The first kappa shape index (κ1) is 23.7. The summed E-state index contributed by atoms with van der Waals surface area (Å²) >= 11 is 5.91. The molecule has 2 heterocycles. The van der Waals surface area contributed by atoms with E-state index in [1.54, 1.807) is 25.4 Å². The molecular weight excluding hydrogens is 543 g/mol. The highest BCUT2D eigenvalue weighted by molar-refractivity contribution is 14.0. The number of hydrogen-bond donors (Lipinski definition) is 2. The predicted molar refractivity (Wildman–Crippen MR) is 134 cm³/mol. The monoisotopic (exact) mass is 564 g/mol. The van der Waals surface area contributed by atoms with Crippen LogP contribution in [0, 0.1) is 0 Å². The summed E-state index contributed by atoms with van der Waals surface area (Å²) in [6.45, 7) is 1.06. The van der Waals surface area contributed by atoms with E-state index >= 15 is 0 Å². The Labute approximate surface area is 207 Å². The van der Waals surface area contributed by atoms with Crippen LogP contribution < -0.4 is 10.6 Å². The van der Waals surface area contributed by atoms with Crippen molar-refractivity contribution < 1.29 is 8.94 Å². The molecule has 0 amide bonds. The lowest BCUT2D eigenvalue weighted by Crippen LogP contribution is -2.37. The fourth-order valence-corrected chi connectivity index (χ4v) is 2.98. The highest BCUT2D eigenvalue weighted by atomic mass is 127. The van der Waals surface area contributed by atoms with Gasteiger partial charge in [0, 0.05) is 36.2 Å². The number of nitrogens with zero attached hydrogens (tertiary/aromatic N) is 4. The van der Waals surface area contributed by atoms with Gasteiger partial charge in [-0.05, 0) is 36.4 Å². The lowest BCUT2D eigenvalue weighted by Gasteiger charge is -2.09. The molecule has 32 heavy (non-hydrogen) atoms. The van der Waals surface area contributed by atoms with E-state index in [1.165, 1.54) is 0 Å². The van der Waals surface area contributed by atoms with E-state index in [4.69, 9.17) is 20.5 Å². The second-order valence-corrected chi connectivity index (χ2v) is 7.07.